The monoisotopic (exact) mass is 433 g/mol. The second-order valence-corrected chi connectivity index (χ2v) is 7.80. The molecule has 3 aromatic carbocycles. The number of aromatic nitrogens is 2. The van der Waals surface area contributed by atoms with Crippen molar-refractivity contribution in [3.05, 3.63) is 82.1 Å². The Morgan fingerprint density at radius 1 is 1.03 bits per heavy atom. The SMILES string of the molecule is COc1ccc([C@H]2c3cc(Cl)c4ccccc4c3Oc3ncn(C)c(=N)c32)cc1OC. The van der Waals surface area contributed by atoms with Gasteiger partial charge in [-0.05, 0) is 23.8 Å². The first kappa shape index (κ1) is 19.5. The zero-order valence-electron chi connectivity index (χ0n) is 17.3. The summed E-state index contributed by atoms with van der Waals surface area (Å²) in [6, 6.07) is 15.6. The highest BCUT2D eigenvalue weighted by atomic mass is 35.5. The normalized spacial score (nSPS) is 14.5. The van der Waals surface area contributed by atoms with Crippen molar-refractivity contribution in [3.63, 3.8) is 0 Å². The summed E-state index contributed by atoms with van der Waals surface area (Å²) in [5.41, 5.74) is 2.80. The van der Waals surface area contributed by atoms with Gasteiger partial charge < -0.3 is 18.8 Å². The molecule has 7 heteroatoms. The van der Waals surface area contributed by atoms with E-state index in [1.807, 2.05) is 48.5 Å². The molecule has 31 heavy (non-hydrogen) atoms. The average molecular weight is 434 g/mol. The minimum Gasteiger partial charge on any atom is -0.493 e. The summed E-state index contributed by atoms with van der Waals surface area (Å²) in [5, 5.41) is 11.2. The minimum absolute atomic E-state index is 0.312. The van der Waals surface area contributed by atoms with E-state index in [2.05, 4.69) is 4.98 Å². The molecule has 5 rings (SSSR count). The van der Waals surface area contributed by atoms with Gasteiger partial charge in [0, 0.05) is 34.3 Å². The summed E-state index contributed by atoms with van der Waals surface area (Å²) in [4.78, 5) is 4.49. The number of nitrogens with zero attached hydrogens (tertiary/aromatic N) is 2. The highest BCUT2D eigenvalue weighted by Gasteiger charge is 2.34. The number of rotatable bonds is 3. The largest absolute Gasteiger partial charge is 0.493 e. The maximum atomic E-state index is 8.74. The molecule has 156 valence electrons. The van der Waals surface area contributed by atoms with Crippen LogP contribution in [0.15, 0.2) is 54.9 Å². The van der Waals surface area contributed by atoms with Crippen LogP contribution in [0.3, 0.4) is 0 Å². The van der Waals surface area contributed by atoms with E-state index in [-0.39, 0.29) is 5.92 Å². The summed E-state index contributed by atoms with van der Waals surface area (Å²) >= 11 is 6.68. The molecule has 1 N–H and O–H groups in total. The Bertz CT molecular complexity index is 1400. The van der Waals surface area contributed by atoms with E-state index in [1.54, 1.807) is 32.2 Å². The van der Waals surface area contributed by atoms with Gasteiger partial charge >= 0.3 is 0 Å². The Hall–Kier alpha value is -3.51. The Morgan fingerprint density at radius 3 is 2.52 bits per heavy atom. The third-order valence-corrected chi connectivity index (χ3v) is 6.01. The molecule has 0 unspecified atom stereocenters. The summed E-state index contributed by atoms with van der Waals surface area (Å²) in [6.45, 7) is 0. The van der Waals surface area contributed by atoms with Crippen molar-refractivity contribution in [2.24, 2.45) is 7.05 Å². The van der Waals surface area contributed by atoms with E-state index < -0.39 is 0 Å². The van der Waals surface area contributed by atoms with Gasteiger partial charge in [0.25, 0.3) is 0 Å². The first-order chi connectivity index (χ1) is 15.0. The third kappa shape index (κ3) is 2.94. The number of ether oxygens (including phenoxy) is 3. The lowest BCUT2D eigenvalue weighted by Gasteiger charge is -2.29. The quantitative estimate of drug-likeness (QED) is 0.434. The highest BCUT2D eigenvalue weighted by Crippen LogP contribution is 2.50. The fourth-order valence-corrected chi connectivity index (χ4v) is 4.47. The van der Waals surface area contributed by atoms with E-state index >= 15 is 0 Å². The predicted molar refractivity (Wildman–Crippen MR) is 119 cm³/mol. The van der Waals surface area contributed by atoms with Crippen LogP contribution < -0.4 is 19.7 Å². The second kappa shape index (κ2) is 7.32. The van der Waals surface area contributed by atoms with Crippen LogP contribution in [-0.4, -0.2) is 23.8 Å². The predicted octanol–water partition coefficient (Wildman–Crippen LogP) is 5.01. The molecule has 0 amide bonds. The van der Waals surface area contributed by atoms with Crippen molar-refractivity contribution >= 4 is 22.4 Å². The van der Waals surface area contributed by atoms with Crippen molar-refractivity contribution in [2.45, 2.75) is 5.92 Å². The maximum absolute atomic E-state index is 8.74. The number of hydrogen-bond donors (Lipinski definition) is 1. The molecule has 0 radical (unpaired) electrons. The highest BCUT2D eigenvalue weighted by molar-refractivity contribution is 6.36. The van der Waals surface area contributed by atoms with Crippen molar-refractivity contribution in [3.8, 4) is 23.1 Å². The van der Waals surface area contributed by atoms with E-state index in [0.29, 0.717) is 39.2 Å². The summed E-state index contributed by atoms with van der Waals surface area (Å²) in [5.74, 6) is 2.06. The second-order valence-electron chi connectivity index (χ2n) is 7.39. The standard InChI is InChI=1S/C24H20ClN3O3/c1-28-12-27-24-21(23(28)26)20(13-8-9-18(29-2)19(10-13)30-3)16-11-17(25)14-6-4-5-7-15(14)22(16)31-24/h4-12,20,26H,1-3H3/t20-/m0/s1. The summed E-state index contributed by atoms with van der Waals surface area (Å²) in [7, 11) is 5.01. The van der Waals surface area contributed by atoms with Gasteiger partial charge in [-0.3, -0.25) is 5.41 Å². The van der Waals surface area contributed by atoms with Gasteiger partial charge in [-0.1, -0.05) is 41.9 Å². The van der Waals surface area contributed by atoms with E-state index in [9.17, 15) is 0 Å². The van der Waals surface area contributed by atoms with E-state index in [0.717, 1.165) is 21.9 Å². The van der Waals surface area contributed by atoms with Gasteiger partial charge in [-0.15, -0.1) is 0 Å². The van der Waals surface area contributed by atoms with Crippen LogP contribution in [0.4, 0.5) is 0 Å². The van der Waals surface area contributed by atoms with Crippen LogP contribution in [0.2, 0.25) is 5.02 Å². The molecule has 2 heterocycles. The zero-order valence-corrected chi connectivity index (χ0v) is 18.0. The fourth-order valence-electron chi connectivity index (χ4n) is 4.18. The van der Waals surface area contributed by atoms with Crippen molar-refractivity contribution in [2.75, 3.05) is 14.2 Å². The van der Waals surface area contributed by atoms with Crippen LogP contribution in [0.1, 0.15) is 22.6 Å². The van der Waals surface area contributed by atoms with Gasteiger partial charge in [-0.2, -0.15) is 0 Å². The lowest BCUT2D eigenvalue weighted by atomic mass is 9.82. The smallest absolute Gasteiger partial charge is 0.228 e. The lowest BCUT2D eigenvalue weighted by Crippen LogP contribution is -2.28. The van der Waals surface area contributed by atoms with E-state index in [1.165, 1.54) is 0 Å². The molecule has 0 fully saturated rings. The lowest BCUT2D eigenvalue weighted by molar-refractivity contribution is 0.354. The van der Waals surface area contributed by atoms with Gasteiger partial charge in [0.1, 0.15) is 11.2 Å². The molecule has 1 aliphatic heterocycles. The minimum atomic E-state index is -0.312. The molecular weight excluding hydrogens is 414 g/mol. The summed E-state index contributed by atoms with van der Waals surface area (Å²) < 4.78 is 18.9. The Morgan fingerprint density at radius 2 is 1.77 bits per heavy atom. The molecule has 1 aromatic heterocycles. The topological polar surface area (TPSA) is 69.4 Å². The summed E-state index contributed by atoms with van der Waals surface area (Å²) in [6.07, 6.45) is 1.59. The molecule has 0 saturated carbocycles. The fraction of sp³-hybridized carbons (Fsp3) is 0.167. The average Bonchev–Trinajstić information content (AvgIpc) is 2.80. The van der Waals surface area contributed by atoms with Gasteiger partial charge in [0.15, 0.2) is 11.5 Å². The Kier molecular flexibility index (Phi) is 4.59. The third-order valence-electron chi connectivity index (χ3n) is 5.70. The van der Waals surface area contributed by atoms with Crippen molar-refractivity contribution in [1.29, 1.82) is 5.41 Å². The molecule has 6 nitrogen and oxygen atoms in total. The number of hydrogen-bond acceptors (Lipinski definition) is 5. The number of methoxy groups -OCH3 is 2. The first-order valence-electron chi connectivity index (χ1n) is 9.74. The van der Waals surface area contributed by atoms with Crippen LogP contribution >= 0.6 is 11.6 Å². The molecule has 1 aliphatic rings. The number of nitrogens with one attached hydrogen (secondary N) is 1. The molecule has 4 aromatic rings. The first-order valence-corrected chi connectivity index (χ1v) is 10.1. The molecule has 0 spiro atoms. The van der Waals surface area contributed by atoms with Crippen LogP contribution in [-0.2, 0) is 7.05 Å². The molecule has 0 saturated heterocycles. The molecular formula is C24H20ClN3O3. The van der Waals surface area contributed by atoms with Crippen molar-refractivity contribution < 1.29 is 14.2 Å². The molecule has 0 aliphatic carbocycles. The Balaban J connectivity index is 1.86. The van der Waals surface area contributed by atoms with E-state index in [4.69, 9.17) is 31.2 Å². The number of benzene rings is 3. The molecule has 0 bridgehead atoms. The Labute approximate surface area is 184 Å². The number of fused-ring (bicyclic) bond motifs is 4. The van der Waals surface area contributed by atoms with Crippen LogP contribution in [0.5, 0.6) is 23.1 Å². The van der Waals surface area contributed by atoms with Crippen LogP contribution in [0, 0.1) is 5.41 Å². The van der Waals surface area contributed by atoms with Gasteiger partial charge in [0.2, 0.25) is 5.88 Å². The van der Waals surface area contributed by atoms with Crippen molar-refractivity contribution in [1.82, 2.24) is 9.55 Å². The van der Waals surface area contributed by atoms with Gasteiger partial charge in [-0.25, -0.2) is 4.98 Å². The number of halogens is 1. The zero-order chi connectivity index (χ0) is 21.7. The van der Waals surface area contributed by atoms with Gasteiger partial charge in [0.05, 0.1) is 26.1 Å². The maximum Gasteiger partial charge on any atom is 0.228 e. The molecule has 1 atom stereocenters. The number of aryl methyl sites for hydroxylation is 1. The van der Waals surface area contributed by atoms with Crippen LogP contribution in [0.25, 0.3) is 10.8 Å².